The summed E-state index contributed by atoms with van der Waals surface area (Å²) in [7, 11) is 0. The van der Waals surface area contributed by atoms with E-state index < -0.39 is 0 Å². The lowest BCUT2D eigenvalue weighted by Crippen LogP contribution is -2.50. The number of rotatable bonds is 5. The van der Waals surface area contributed by atoms with E-state index in [0.717, 1.165) is 30.5 Å². The van der Waals surface area contributed by atoms with Gasteiger partial charge in [0.2, 0.25) is 0 Å². The van der Waals surface area contributed by atoms with Crippen LogP contribution in [0.3, 0.4) is 0 Å². The Kier molecular flexibility index (Phi) is 5.22. The summed E-state index contributed by atoms with van der Waals surface area (Å²) in [6, 6.07) is 7.74. The van der Waals surface area contributed by atoms with Gasteiger partial charge in [-0.2, -0.15) is 0 Å². The van der Waals surface area contributed by atoms with E-state index in [4.69, 9.17) is 0 Å². The topological polar surface area (TPSA) is 32.3 Å². The normalized spacial score (nSPS) is 16.4. The van der Waals surface area contributed by atoms with Crippen molar-refractivity contribution in [1.29, 1.82) is 0 Å². The van der Waals surface area contributed by atoms with E-state index in [1.807, 2.05) is 24.3 Å². The second-order valence-electron chi connectivity index (χ2n) is 6.15. The lowest BCUT2D eigenvalue weighted by atomic mass is 10.0. The highest BCUT2D eigenvalue weighted by Crippen LogP contribution is 2.14. The first-order valence-electron chi connectivity index (χ1n) is 7.20. The lowest BCUT2D eigenvalue weighted by Gasteiger charge is -2.31. The van der Waals surface area contributed by atoms with Gasteiger partial charge in [0.05, 0.1) is 0 Å². The van der Waals surface area contributed by atoms with Crippen molar-refractivity contribution in [2.24, 2.45) is 0 Å². The van der Waals surface area contributed by atoms with Gasteiger partial charge in [-0.15, -0.1) is 0 Å². The third-order valence-corrected chi connectivity index (χ3v) is 4.29. The summed E-state index contributed by atoms with van der Waals surface area (Å²) in [4.78, 5) is 14.7. The summed E-state index contributed by atoms with van der Waals surface area (Å²) in [6.45, 7) is 7.41. The second kappa shape index (κ2) is 6.72. The zero-order chi connectivity index (χ0) is 14.6. The molecule has 1 saturated heterocycles. The number of halogens is 1. The Balaban J connectivity index is 1.94. The fourth-order valence-electron chi connectivity index (χ4n) is 2.66. The molecule has 0 bridgehead atoms. The van der Waals surface area contributed by atoms with E-state index in [0.29, 0.717) is 0 Å². The first-order valence-corrected chi connectivity index (χ1v) is 8.32. The Hall–Kier alpha value is -0.870. The molecule has 1 heterocycles. The summed E-state index contributed by atoms with van der Waals surface area (Å²) in [5.41, 5.74) is 1.71. The molecule has 4 heteroatoms. The maximum Gasteiger partial charge on any atom is 0.251 e. The van der Waals surface area contributed by atoms with Gasteiger partial charge in [0.15, 0.2) is 0 Å². The molecule has 0 aromatic heterocycles. The number of hydrogen-bond donors (Lipinski definition) is 1. The van der Waals surface area contributed by atoms with Crippen LogP contribution in [0.25, 0.3) is 0 Å². The highest BCUT2D eigenvalue weighted by Gasteiger charge is 2.25. The van der Waals surface area contributed by atoms with Gasteiger partial charge in [-0.25, -0.2) is 0 Å². The predicted molar refractivity (Wildman–Crippen MR) is 86.3 cm³/mol. The molecule has 110 valence electrons. The Bertz CT molecular complexity index is 450. The van der Waals surface area contributed by atoms with Crippen molar-refractivity contribution in [3.8, 4) is 0 Å². The minimum Gasteiger partial charge on any atom is -0.346 e. The van der Waals surface area contributed by atoms with Gasteiger partial charge in [0, 0.05) is 23.0 Å². The average molecular weight is 339 g/mol. The van der Waals surface area contributed by atoms with Crippen LogP contribution >= 0.6 is 15.9 Å². The van der Waals surface area contributed by atoms with Crippen molar-refractivity contribution in [1.82, 2.24) is 10.2 Å². The highest BCUT2D eigenvalue weighted by atomic mass is 79.9. The van der Waals surface area contributed by atoms with Gasteiger partial charge < -0.3 is 10.2 Å². The summed E-state index contributed by atoms with van der Waals surface area (Å²) >= 11 is 3.41. The molecular formula is C16H23BrN2O. The molecule has 1 aliphatic heterocycles. The molecule has 2 rings (SSSR count). The predicted octanol–water partition coefficient (Wildman–Crippen LogP) is 3.19. The first-order chi connectivity index (χ1) is 9.50. The molecule has 3 nitrogen and oxygen atoms in total. The number of hydrogen-bond acceptors (Lipinski definition) is 2. The monoisotopic (exact) mass is 338 g/mol. The number of benzene rings is 1. The SMILES string of the molecule is CC(C)(CN1CCCC1)NC(=O)c1ccc(CBr)cc1. The van der Waals surface area contributed by atoms with Gasteiger partial charge in [0.25, 0.3) is 5.91 Å². The van der Waals surface area contributed by atoms with Crippen molar-refractivity contribution >= 4 is 21.8 Å². The number of amides is 1. The molecule has 0 atom stereocenters. The van der Waals surface area contributed by atoms with Crippen LogP contribution in [0.1, 0.15) is 42.6 Å². The van der Waals surface area contributed by atoms with Gasteiger partial charge in [-0.1, -0.05) is 28.1 Å². The third-order valence-electron chi connectivity index (χ3n) is 3.64. The fourth-order valence-corrected chi connectivity index (χ4v) is 3.04. The number of nitrogens with one attached hydrogen (secondary N) is 1. The molecule has 0 radical (unpaired) electrons. The summed E-state index contributed by atoms with van der Waals surface area (Å²) in [5.74, 6) is 0.00955. The maximum atomic E-state index is 12.3. The maximum absolute atomic E-state index is 12.3. The van der Waals surface area contributed by atoms with Crippen LogP contribution in [0.2, 0.25) is 0 Å². The third kappa shape index (κ3) is 4.32. The number of carbonyl (C=O) groups is 1. The molecule has 1 N–H and O–H groups in total. The van der Waals surface area contributed by atoms with Gasteiger partial charge in [-0.05, 0) is 57.5 Å². The van der Waals surface area contributed by atoms with E-state index in [-0.39, 0.29) is 11.4 Å². The van der Waals surface area contributed by atoms with Crippen LogP contribution < -0.4 is 5.32 Å². The molecule has 0 unspecified atom stereocenters. The molecule has 20 heavy (non-hydrogen) atoms. The molecule has 1 aromatic rings. The van der Waals surface area contributed by atoms with Gasteiger partial charge in [0.1, 0.15) is 0 Å². The van der Waals surface area contributed by atoms with E-state index >= 15 is 0 Å². The van der Waals surface area contributed by atoms with Crippen LogP contribution in [0.5, 0.6) is 0 Å². The van der Waals surface area contributed by atoms with Crippen LogP contribution in [0.4, 0.5) is 0 Å². The summed E-state index contributed by atoms with van der Waals surface area (Å²) in [6.07, 6.45) is 2.55. The number of alkyl halides is 1. The minimum absolute atomic E-state index is 0.00955. The van der Waals surface area contributed by atoms with Crippen LogP contribution in [-0.2, 0) is 5.33 Å². The van der Waals surface area contributed by atoms with Crippen molar-refractivity contribution in [3.63, 3.8) is 0 Å². The van der Waals surface area contributed by atoms with Crippen LogP contribution in [0.15, 0.2) is 24.3 Å². The van der Waals surface area contributed by atoms with E-state index in [1.165, 1.54) is 18.4 Å². The number of carbonyl (C=O) groups excluding carboxylic acids is 1. The molecule has 1 aliphatic rings. The zero-order valence-electron chi connectivity index (χ0n) is 12.3. The largest absolute Gasteiger partial charge is 0.346 e. The Labute approximate surface area is 129 Å². The van der Waals surface area contributed by atoms with Crippen molar-refractivity contribution in [3.05, 3.63) is 35.4 Å². The van der Waals surface area contributed by atoms with Crippen LogP contribution in [-0.4, -0.2) is 36.0 Å². The van der Waals surface area contributed by atoms with Crippen LogP contribution in [0, 0.1) is 0 Å². The molecule has 1 amide bonds. The van der Waals surface area contributed by atoms with E-state index in [2.05, 4.69) is 40.0 Å². The Morgan fingerprint density at radius 3 is 2.40 bits per heavy atom. The second-order valence-corrected chi connectivity index (χ2v) is 6.71. The molecule has 0 saturated carbocycles. The number of nitrogens with zero attached hydrogens (tertiary/aromatic N) is 1. The Morgan fingerprint density at radius 2 is 1.85 bits per heavy atom. The smallest absolute Gasteiger partial charge is 0.251 e. The average Bonchev–Trinajstić information content (AvgIpc) is 2.90. The molecular weight excluding hydrogens is 316 g/mol. The zero-order valence-corrected chi connectivity index (χ0v) is 13.9. The minimum atomic E-state index is -0.199. The standard InChI is InChI=1S/C16H23BrN2O/c1-16(2,12-19-9-3-4-10-19)18-15(20)14-7-5-13(11-17)6-8-14/h5-8H,3-4,9-12H2,1-2H3,(H,18,20). The van der Waals surface area contributed by atoms with E-state index in [1.54, 1.807) is 0 Å². The quantitative estimate of drug-likeness (QED) is 0.836. The molecule has 0 spiro atoms. The lowest BCUT2D eigenvalue weighted by molar-refractivity contribution is 0.0894. The summed E-state index contributed by atoms with van der Waals surface area (Å²) in [5, 5.41) is 3.96. The van der Waals surface area contributed by atoms with E-state index in [9.17, 15) is 4.79 Å². The fraction of sp³-hybridized carbons (Fsp3) is 0.562. The van der Waals surface area contributed by atoms with Gasteiger partial charge >= 0.3 is 0 Å². The highest BCUT2D eigenvalue weighted by molar-refractivity contribution is 9.08. The summed E-state index contributed by atoms with van der Waals surface area (Å²) < 4.78 is 0. The van der Waals surface area contributed by atoms with Crippen molar-refractivity contribution in [2.75, 3.05) is 19.6 Å². The molecule has 0 aliphatic carbocycles. The molecule has 1 aromatic carbocycles. The first kappa shape index (κ1) is 15.5. The Morgan fingerprint density at radius 1 is 1.25 bits per heavy atom. The molecule has 1 fully saturated rings. The van der Waals surface area contributed by atoms with Gasteiger partial charge in [-0.3, -0.25) is 4.79 Å². The van der Waals surface area contributed by atoms with Crippen molar-refractivity contribution in [2.45, 2.75) is 37.6 Å². The van der Waals surface area contributed by atoms with Crippen molar-refractivity contribution < 1.29 is 4.79 Å². The number of likely N-dealkylation sites (tertiary alicyclic amines) is 1.